The van der Waals surface area contributed by atoms with E-state index in [1.54, 1.807) is 7.05 Å². The van der Waals surface area contributed by atoms with Crippen molar-refractivity contribution in [3.63, 3.8) is 0 Å². The highest BCUT2D eigenvalue weighted by Gasteiger charge is 2.19. The number of rotatable bonds is 20. The van der Waals surface area contributed by atoms with Crippen LogP contribution in [0.1, 0.15) is 76.8 Å². The van der Waals surface area contributed by atoms with Crippen LogP contribution in [0.4, 0.5) is 35.3 Å². The Balaban J connectivity index is 0.000000554. The molecule has 4 amide bonds. The van der Waals surface area contributed by atoms with Crippen molar-refractivity contribution in [1.82, 2.24) is 10.6 Å². The zero-order chi connectivity index (χ0) is 64.5. The summed E-state index contributed by atoms with van der Waals surface area (Å²) < 4.78 is 25.1. The van der Waals surface area contributed by atoms with Crippen LogP contribution in [0, 0.1) is 27.7 Å². The van der Waals surface area contributed by atoms with Gasteiger partial charge in [0.25, 0.3) is 0 Å². The highest BCUT2D eigenvalue weighted by Crippen LogP contribution is 2.19. The van der Waals surface area contributed by atoms with Crippen LogP contribution in [-0.2, 0) is 56.3 Å². The molecule has 0 aliphatic carbocycles. The summed E-state index contributed by atoms with van der Waals surface area (Å²) >= 11 is 4.97. The van der Waals surface area contributed by atoms with Gasteiger partial charge in [-0.05, 0) is 113 Å². The third kappa shape index (κ3) is 36.0. The van der Waals surface area contributed by atoms with Gasteiger partial charge in [0, 0.05) is 43.7 Å². The van der Waals surface area contributed by atoms with Crippen molar-refractivity contribution < 1.29 is 57.9 Å². The maximum absolute atomic E-state index is 12.5. The molecule has 0 aliphatic heterocycles. The van der Waals surface area contributed by atoms with Crippen molar-refractivity contribution in [3.8, 4) is 0 Å². The number of carbonyl (C=O) groups is 5. The summed E-state index contributed by atoms with van der Waals surface area (Å²) in [6.45, 7) is 13.8. The van der Waals surface area contributed by atoms with Gasteiger partial charge in [-0.1, -0.05) is 200 Å². The number of carbonyl (C=O) groups excluding carboxylic acids is 5. The number of aliphatic hydroxyl groups is 2. The number of nitrogens with zero attached hydrogens (tertiary/aromatic N) is 2. The predicted molar refractivity (Wildman–Crippen MR) is 348 cm³/mol. The molecule has 0 atom stereocenters. The van der Waals surface area contributed by atoms with E-state index in [4.69, 9.17) is 40.8 Å². The van der Waals surface area contributed by atoms with Gasteiger partial charge >= 0.3 is 29.8 Å². The van der Waals surface area contributed by atoms with Gasteiger partial charge in [-0.2, -0.15) is 0 Å². The molecule has 470 valence electrons. The Morgan fingerprint density at radius 2 is 0.736 bits per heavy atom. The second-order valence-corrected chi connectivity index (χ2v) is 18.8. The normalized spacial score (nSPS) is 9.57. The molecule has 0 unspecified atom stereocenters. The summed E-state index contributed by atoms with van der Waals surface area (Å²) in [6, 6.07) is 60.2. The van der Waals surface area contributed by atoms with E-state index in [-0.39, 0.29) is 58.8 Å². The van der Waals surface area contributed by atoms with Crippen LogP contribution in [0.5, 0.6) is 0 Å². The molecule has 0 bridgehead atoms. The number of ether oxygens (including phenoxy) is 5. The minimum Gasteiger partial charge on any atom is -0.450 e. The standard InChI is InChI=1S/C19H22N2O4.C17H19NO3.C12H17NO2.C10H14O.C8H7ClO2.C2H6.CH5N/c1-15-8-10-17(11-9-15)21(12-13-24-18(22)20-2)19(23)25-14-16-6-4-3-5-7-16;1-14-7-9-16(10-8-14)18(11-12-19)17(20)21-13-15-5-3-2-4-6-15;1-10-5-7-11(8-6-10)4-3-9-15-12(14)13-2;1-9-4-6-10(7-5-9)3-2-8-11;9-8(10)11-6-7-4-2-1-3-5-7;2*1-2/h3-11H,12-14H2,1-2H3,(H,20,22);2-10,19H,11-13H2,1H3;5-8H,3-4,9H2,1-2H3,(H,13,14);4-7,11H,2-3,8H2,1H3;1-5H,6H2;1-2H3;2H2,1H3. The molecule has 7 rings (SSSR count). The lowest BCUT2D eigenvalue weighted by Gasteiger charge is -2.22. The molecule has 0 fully saturated rings. The van der Waals surface area contributed by atoms with Crippen molar-refractivity contribution in [3.05, 3.63) is 238 Å². The number of hydrogen-bond acceptors (Lipinski definition) is 13. The van der Waals surface area contributed by atoms with Crippen molar-refractivity contribution >= 4 is 52.8 Å². The minimum atomic E-state index is -0.770. The molecule has 7 aromatic carbocycles. The molecule has 0 saturated heterocycles. The molecule has 0 aromatic heterocycles. The van der Waals surface area contributed by atoms with Crippen LogP contribution in [0.25, 0.3) is 0 Å². The van der Waals surface area contributed by atoms with Crippen molar-refractivity contribution in [2.24, 2.45) is 5.73 Å². The Kier molecular flexibility index (Phi) is 42.5. The van der Waals surface area contributed by atoms with Crippen molar-refractivity contribution in [2.45, 2.75) is 87.0 Å². The average Bonchev–Trinajstić information content (AvgIpc) is 3.76. The summed E-state index contributed by atoms with van der Waals surface area (Å²) in [4.78, 5) is 59.6. The van der Waals surface area contributed by atoms with Gasteiger partial charge in [-0.25, -0.2) is 24.0 Å². The Labute approximate surface area is 520 Å². The molecule has 17 nitrogen and oxygen atoms in total. The largest absolute Gasteiger partial charge is 0.450 e. The first kappa shape index (κ1) is 76.3. The molecule has 7 aromatic rings. The van der Waals surface area contributed by atoms with Crippen molar-refractivity contribution in [2.75, 3.05) is 70.5 Å². The van der Waals surface area contributed by atoms with Crippen molar-refractivity contribution in [1.29, 1.82) is 0 Å². The Morgan fingerprint density at radius 3 is 1.07 bits per heavy atom. The third-order valence-electron chi connectivity index (χ3n) is 11.7. The lowest BCUT2D eigenvalue weighted by atomic mass is 10.1. The number of hydrogen-bond donors (Lipinski definition) is 5. The van der Waals surface area contributed by atoms with Gasteiger partial charge < -0.3 is 50.3 Å². The fraction of sp³-hybridized carbons (Fsp3) is 0.319. The Morgan fingerprint density at radius 1 is 0.414 bits per heavy atom. The number of alkyl carbamates (subject to hydrolysis) is 2. The summed E-state index contributed by atoms with van der Waals surface area (Å²) in [6.07, 6.45) is 1.79. The van der Waals surface area contributed by atoms with Crippen LogP contribution >= 0.6 is 11.6 Å². The third-order valence-corrected chi connectivity index (χ3v) is 11.8. The number of nitrogens with two attached hydrogens (primary N) is 1. The summed E-state index contributed by atoms with van der Waals surface area (Å²) in [5.41, 5.74) is 15.2. The molecule has 18 heteroatoms. The van der Waals surface area contributed by atoms with Crippen LogP contribution in [0.15, 0.2) is 188 Å². The first-order chi connectivity index (χ1) is 42.1. The van der Waals surface area contributed by atoms with E-state index in [1.807, 2.05) is 167 Å². The fourth-order valence-electron chi connectivity index (χ4n) is 7.12. The van der Waals surface area contributed by atoms with E-state index in [0.29, 0.717) is 18.0 Å². The highest BCUT2D eigenvalue weighted by molar-refractivity contribution is 6.61. The molecule has 6 N–H and O–H groups in total. The maximum Gasteiger partial charge on any atom is 0.414 e. The van der Waals surface area contributed by atoms with Gasteiger partial charge in [0.15, 0.2) is 0 Å². The molecular weight excluding hydrogens is 1130 g/mol. The SMILES string of the molecule is CC.CN.CNC(=O)OCCCc1ccc(C)cc1.CNC(=O)OCCN(C(=O)OCc1ccccc1)c1ccc(C)cc1.Cc1ccc(CCCO)cc1.Cc1ccc(N(CCO)C(=O)OCc2ccccc2)cc1.O=C(Cl)OCc1ccccc1. The number of anilines is 2. The lowest BCUT2D eigenvalue weighted by molar-refractivity contribution is 0.137. The maximum atomic E-state index is 12.5. The van der Waals surface area contributed by atoms with Crippen LogP contribution in [0.2, 0.25) is 0 Å². The topological polar surface area (TPSA) is 229 Å². The number of benzene rings is 7. The Bertz CT molecular complexity index is 2890. The monoisotopic (exact) mass is 1220 g/mol. The van der Waals surface area contributed by atoms with E-state index < -0.39 is 23.7 Å². The van der Waals surface area contributed by atoms with E-state index in [1.165, 1.54) is 46.1 Å². The average molecular weight is 1220 g/mol. The molecule has 0 radical (unpaired) electrons. The fourth-order valence-corrected chi connectivity index (χ4v) is 7.17. The summed E-state index contributed by atoms with van der Waals surface area (Å²) in [5.74, 6) is 0. The lowest BCUT2D eigenvalue weighted by Crippen LogP contribution is -2.35. The number of aryl methyl sites for hydroxylation is 6. The van der Waals surface area contributed by atoms with Gasteiger partial charge in [0.1, 0.15) is 26.4 Å². The second-order valence-electron chi connectivity index (χ2n) is 18.5. The van der Waals surface area contributed by atoms with E-state index in [0.717, 1.165) is 53.5 Å². The van der Waals surface area contributed by atoms with Crippen LogP contribution in [-0.4, -0.2) is 101 Å². The molecule has 0 spiro atoms. The van der Waals surface area contributed by atoms with Crippen LogP contribution in [0.3, 0.4) is 0 Å². The highest BCUT2D eigenvalue weighted by atomic mass is 35.5. The first-order valence-electron chi connectivity index (χ1n) is 28.7. The number of amides is 4. The number of nitrogens with one attached hydrogen (secondary N) is 2. The molecule has 0 aliphatic rings. The molecular formula is C69H90ClN5O12. The zero-order valence-electron chi connectivity index (χ0n) is 51.9. The van der Waals surface area contributed by atoms with E-state index in [2.05, 4.69) is 83.5 Å². The quantitative estimate of drug-likeness (QED) is 0.0272. The van der Waals surface area contributed by atoms with Gasteiger partial charge in [0.05, 0.1) is 26.3 Å². The van der Waals surface area contributed by atoms with E-state index in [9.17, 15) is 24.0 Å². The van der Waals surface area contributed by atoms with Gasteiger partial charge in [0.2, 0.25) is 0 Å². The van der Waals surface area contributed by atoms with E-state index >= 15 is 0 Å². The van der Waals surface area contributed by atoms with Crippen LogP contribution < -0.4 is 26.2 Å². The molecule has 87 heavy (non-hydrogen) atoms. The Hall–Kier alpha value is -8.74. The first-order valence-corrected chi connectivity index (χ1v) is 29.1. The second kappa shape index (κ2) is 48.5. The smallest absolute Gasteiger partial charge is 0.414 e. The summed E-state index contributed by atoms with van der Waals surface area (Å²) in [7, 11) is 4.54. The predicted octanol–water partition coefficient (Wildman–Crippen LogP) is 14.0. The zero-order valence-corrected chi connectivity index (χ0v) is 52.7. The minimum absolute atomic E-state index is 0.0635. The summed E-state index contributed by atoms with van der Waals surface area (Å²) in [5, 5.41) is 22.5. The molecule has 0 heterocycles. The van der Waals surface area contributed by atoms with Gasteiger partial charge in [-0.3, -0.25) is 9.80 Å². The molecule has 0 saturated carbocycles. The number of aliphatic hydroxyl groups excluding tert-OH is 2. The van der Waals surface area contributed by atoms with Gasteiger partial charge in [-0.15, -0.1) is 0 Å². The number of halogens is 1.